The molecular formula is C25H31NO3. The van der Waals surface area contributed by atoms with Crippen LogP contribution in [0.25, 0.3) is 0 Å². The van der Waals surface area contributed by atoms with Crippen LogP contribution >= 0.6 is 0 Å². The van der Waals surface area contributed by atoms with Gasteiger partial charge in [-0.15, -0.1) is 0 Å². The standard InChI is InChI=1S/C25H31NO3/c1-17-12-10-11-15-19(17)21(24(2,3)4)22(27)26-20(25(5,6)29-23(26)28)16-18-13-8-7-9-14-18/h7-15,20-21H,16H2,1-6H3/t20-,21-/m0/s1. The molecule has 1 aliphatic rings. The van der Waals surface area contributed by atoms with Crippen LogP contribution < -0.4 is 0 Å². The summed E-state index contributed by atoms with van der Waals surface area (Å²) >= 11 is 0. The van der Waals surface area contributed by atoms with Crippen molar-refractivity contribution in [2.75, 3.05) is 0 Å². The summed E-state index contributed by atoms with van der Waals surface area (Å²) < 4.78 is 5.66. The Morgan fingerprint density at radius 3 is 2.24 bits per heavy atom. The molecule has 0 aliphatic carbocycles. The van der Waals surface area contributed by atoms with Crippen molar-refractivity contribution in [3.05, 3.63) is 71.3 Å². The summed E-state index contributed by atoms with van der Waals surface area (Å²) in [6, 6.07) is 17.5. The molecule has 0 N–H and O–H groups in total. The molecule has 2 aromatic rings. The minimum absolute atomic E-state index is 0.191. The van der Waals surface area contributed by atoms with Gasteiger partial charge >= 0.3 is 6.09 Å². The van der Waals surface area contributed by atoms with E-state index in [-0.39, 0.29) is 17.4 Å². The summed E-state index contributed by atoms with van der Waals surface area (Å²) in [4.78, 5) is 28.1. The Kier molecular flexibility index (Phi) is 5.57. The molecule has 0 aromatic heterocycles. The minimum Gasteiger partial charge on any atom is -0.441 e. The lowest BCUT2D eigenvalue weighted by Crippen LogP contribution is -2.49. The van der Waals surface area contributed by atoms with Gasteiger partial charge in [0.15, 0.2) is 0 Å². The molecule has 0 spiro atoms. The molecule has 1 saturated heterocycles. The van der Waals surface area contributed by atoms with Gasteiger partial charge in [-0.2, -0.15) is 0 Å². The number of imide groups is 1. The molecule has 0 radical (unpaired) electrons. The Morgan fingerprint density at radius 2 is 1.66 bits per heavy atom. The van der Waals surface area contributed by atoms with E-state index in [4.69, 9.17) is 4.74 Å². The first kappa shape index (κ1) is 21.1. The molecule has 29 heavy (non-hydrogen) atoms. The molecule has 4 heteroatoms. The fourth-order valence-electron chi connectivity index (χ4n) is 4.22. The second-order valence-electron chi connectivity index (χ2n) is 9.54. The number of hydrogen-bond donors (Lipinski definition) is 0. The predicted molar refractivity (Wildman–Crippen MR) is 115 cm³/mol. The van der Waals surface area contributed by atoms with Crippen molar-refractivity contribution < 1.29 is 14.3 Å². The second-order valence-corrected chi connectivity index (χ2v) is 9.54. The third-order valence-corrected chi connectivity index (χ3v) is 5.78. The van der Waals surface area contributed by atoms with Crippen molar-refractivity contribution >= 4 is 12.0 Å². The van der Waals surface area contributed by atoms with Crippen molar-refractivity contribution in [3.8, 4) is 0 Å². The Hall–Kier alpha value is -2.62. The lowest BCUT2D eigenvalue weighted by molar-refractivity contribution is -0.133. The summed E-state index contributed by atoms with van der Waals surface area (Å²) in [5.74, 6) is -0.633. The number of ether oxygens (including phenoxy) is 1. The van der Waals surface area contributed by atoms with E-state index in [0.717, 1.165) is 16.7 Å². The van der Waals surface area contributed by atoms with Crippen molar-refractivity contribution in [3.63, 3.8) is 0 Å². The van der Waals surface area contributed by atoms with Crippen LogP contribution in [-0.2, 0) is 16.0 Å². The number of rotatable bonds is 4. The minimum atomic E-state index is -0.753. The monoisotopic (exact) mass is 393 g/mol. The van der Waals surface area contributed by atoms with Gasteiger partial charge in [0.25, 0.3) is 0 Å². The van der Waals surface area contributed by atoms with Crippen LogP contribution in [-0.4, -0.2) is 28.5 Å². The number of carbonyl (C=O) groups excluding carboxylic acids is 2. The molecule has 4 nitrogen and oxygen atoms in total. The summed E-state index contributed by atoms with van der Waals surface area (Å²) in [7, 11) is 0. The zero-order valence-electron chi connectivity index (χ0n) is 18.2. The topological polar surface area (TPSA) is 46.6 Å². The molecule has 154 valence electrons. The molecule has 1 fully saturated rings. The van der Waals surface area contributed by atoms with E-state index < -0.39 is 17.6 Å². The maximum absolute atomic E-state index is 13.9. The van der Waals surface area contributed by atoms with Gasteiger partial charge in [-0.1, -0.05) is 75.4 Å². The molecule has 3 rings (SSSR count). The van der Waals surface area contributed by atoms with Gasteiger partial charge in [0.2, 0.25) is 5.91 Å². The van der Waals surface area contributed by atoms with Crippen molar-refractivity contribution in [1.82, 2.24) is 4.90 Å². The molecule has 2 amide bonds. The highest BCUT2D eigenvalue weighted by Gasteiger charge is 2.53. The van der Waals surface area contributed by atoms with E-state index in [0.29, 0.717) is 6.42 Å². The van der Waals surface area contributed by atoms with E-state index in [9.17, 15) is 9.59 Å². The van der Waals surface area contributed by atoms with Gasteiger partial charge in [-0.05, 0) is 49.3 Å². The lowest BCUT2D eigenvalue weighted by Gasteiger charge is -2.35. The van der Waals surface area contributed by atoms with Crippen LogP contribution in [0.1, 0.15) is 57.2 Å². The van der Waals surface area contributed by atoms with Crippen LogP contribution in [0.2, 0.25) is 0 Å². The summed E-state index contributed by atoms with van der Waals surface area (Å²) in [6.45, 7) is 11.9. The van der Waals surface area contributed by atoms with Crippen molar-refractivity contribution in [2.45, 2.75) is 65.5 Å². The number of nitrogens with zero attached hydrogens (tertiary/aromatic N) is 1. The molecule has 1 aliphatic heterocycles. The molecule has 0 unspecified atom stereocenters. The van der Waals surface area contributed by atoms with Gasteiger partial charge in [0, 0.05) is 0 Å². The highest BCUT2D eigenvalue weighted by atomic mass is 16.6. The summed E-state index contributed by atoms with van der Waals surface area (Å²) in [6.07, 6.45) is 0.0134. The largest absolute Gasteiger partial charge is 0.441 e. The molecule has 2 atom stereocenters. The first-order chi connectivity index (χ1) is 13.5. The van der Waals surface area contributed by atoms with Crippen LogP contribution in [0, 0.1) is 12.3 Å². The van der Waals surface area contributed by atoms with E-state index >= 15 is 0 Å². The van der Waals surface area contributed by atoms with E-state index in [1.165, 1.54) is 4.90 Å². The van der Waals surface area contributed by atoms with Crippen molar-refractivity contribution in [2.24, 2.45) is 5.41 Å². The number of carbonyl (C=O) groups is 2. The Labute approximate surface area is 173 Å². The van der Waals surface area contributed by atoms with Gasteiger partial charge in [-0.3, -0.25) is 4.79 Å². The molecule has 0 saturated carbocycles. The Balaban J connectivity index is 2.03. The third-order valence-electron chi connectivity index (χ3n) is 5.78. The predicted octanol–water partition coefficient (Wildman–Crippen LogP) is 5.49. The molecule has 2 aromatic carbocycles. The maximum atomic E-state index is 13.9. The fourth-order valence-corrected chi connectivity index (χ4v) is 4.22. The summed E-state index contributed by atoms with van der Waals surface area (Å²) in [5, 5.41) is 0. The zero-order valence-corrected chi connectivity index (χ0v) is 18.2. The van der Waals surface area contributed by atoms with E-state index in [1.54, 1.807) is 0 Å². The van der Waals surface area contributed by atoms with E-state index in [1.807, 2.05) is 96.1 Å². The van der Waals surface area contributed by atoms with Crippen LogP contribution in [0.3, 0.4) is 0 Å². The number of amides is 2. The smallest absolute Gasteiger partial charge is 0.417 e. The van der Waals surface area contributed by atoms with Crippen molar-refractivity contribution in [1.29, 1.82) is 0 Å². The molecule has 1 heterocycles. The van der Waals surface area contributed by atoms with Gasteiger partial charge in [-0.25, -0.2) is 9.69 Å². The number of benzene rings is 2. The lowest BCUT2D eigenvalue weighted by atomic mass is 9.74. The van der Waals surface area contributed by atoms with Crippen LogP contribution in [0.5, 0.6) is 0 Å². The molecular weight excluding hydrogens is 362 g/mol. The van der Waals surface area contributed by atoms with Gasteiger partial charge in [0.1, 0.15) is 5.60 Å². The number of cyclic esters (lactones) is 1. The Bertz CT molecular complexity index is 896. The highest BCUT2D eigenvalue weighted by Crippen LogP contribution is 2.41. The molecule has 0 bridgehead atoms. The first-order valence-electron chi connectivity index (χ1n) is 10.2. The average molecular weight is 394 g/mol. The second kappa shape index (κ2) is 7.66. The third kappa shape index (κ3) is 4.21. The number of hydrogen-bond acceptors (Lipinski definition) is 3. The Morgan fingerprint density at radius 1 is 1.07 bits per heavy atom. The quantitative estimate of drug-likeness (QED) is 0.690. The fraction of sp³-hybridized carbons (Fsp3) is 0.440. The van der Waals surface area contributed by atoms with Gasteiger partial charge in [0.05, 0.1) is 12.0 Å². The number of aryl methyl sites for hydroxylation is 1. The summed E-state index contributed by atoms with van der Waals surface area (Å²) in [5.41, 5.74) is 1.97. The maximum Gasteiger partial charge on any atom is 0.417 e. The first-order valence-corrected chi connectivity index (χ1v) is 10.2. The van der Waals surface area contributed by atoms with E-state index in [2.05, 4.69) is 0 Å². The normalized spacial score (nSPS) is 19.7. The zero-order chi connectivity index (χ0) is 21.4. The highest BCUT2D eigenvalue weighted by molar-refractivity contribution is 5.98. The van der Waals surface area contributed by atoms with Crippen LogP contribution in [0.15, 0.2) is 54.6 Å². The van der Waals surface area contributed by atoms with Crippen LogP contribution in [0.4, 0.5) is 4.79 Å². The van der Waals surface area contributed by atoms with Gasteiger partial charge < -0.3 is 4.74 Å². The SMILES string of the molecule is Cc1ccccc1[C@@H](C(=O)N1C(=O)OC(C)(C)[C@@H]1Cc1ccccc1)C(C)(C)C. The average Bonchev–Trinajstić information content (AvgIpc) is 2.85.